The molecule has 0 saturated heterocycles. The number of ether oxygens (including phenoxy) is 2. The number of benzene rings is 2. The molecule has 0 bridgehead atoms. The summed E-state index contributed by atoms with van der Waals surface area (Å²) in [5.74, 6) is -0.00870. The van der Waals surface area contributed by atoms with Gasteiger partial charge in [0.1, 0.15) is 17.3 Å². The monoisotopic (exact) mass is 362 g/mol. The van der Waals surface area contributed by atoms with Crippen molar-refractivity contribution in [3.63, 3.8) is 0 Å². The topological polar surface area (TPSA) is 63.3 Å². The highest BCUT2D eigenvalue weighted by atomic mass is 35.5. The molecule has 0 aliphatic rings. The van der Waals surface area contributed by atoms with Gasteiger partial charge in [-0.25, -0.2) is 4.39 Å². The summed E-state index contributed by atoms with van der Waals surface area (Å²) in [6, 6.07) is 7.39. The fourth-order valence-corrected chi connectivity index (χ4v) is 2.97. The Bertz CT molecular complexity index is 969. The molecule has 0 aliphatic carbocycles. The van der Waals surface area contributed by atoms with Gasteiger partial charge in [0.25, 0.3) is 5.91 Å². The lowest BCUT2D eigenvalue weighted by atomic mass is 10.1. The van der Waals surface area contributed by atoms with E-state index in [-0.39, 0.29) is 0 Å². The summed E-state index contributed by atoms with van der Waals surface area (Å²) in [7, 11) is 2.95. The molecule has 0 fully saturated rings. The summed E-state index contributed by atoms with van der Waals surface area (Å²) in [4.78, 5) is 15.9. The van der Waals surface area contributed by atoms with E-state index in [0.717, 1.165) is 0 Å². The molecule has 7 heteroatoms. The molecule has 3 rings (SSSR count). The molecule has 2 N–H and O–H groups in total. The largest absolute Gasteiger partial charge is 0.495 e. The highest BCUT2D eigenvalue weighted by Gasteiger charge is 2.19. The minimum Gasteiger partial charge on any atom is -0.495 e. The van der Waals surface area contributed by atoms with E-state index in [1.165, 1.54) is 26.4 Å². The number of fused-ring (bicyclic) bond motifs is 1. The van der Waals surface area contributed by atoms with Crippen molar-refractivity contribution in [3.8, 4) is 11.5 Å². The minimum atomic E-state index is -0.411. The number of aryl methyl sites for hydroxylation is 1. The van der Waals surface area contributed by atoms with Crippen molar-refractivity contribution in [2.24, 2.45) is 0 Å². The number of hydrogen-bond donors (Lipinski definition) is 2. The summed E-state index contributed by atoms with van der Waals surface area (Å²) in [6.07, 6.45) is 0. The molecule has 1 amide bonds. The van der Waals surface area contributed by atoms with Gasteiger partial charge in [-0.05, 0) is 25.1 Å². The van der Waals surface area contributed by atoms with Crippen molar-refractivity contribution >= 4 is 34.1 Å². The molecular formula is C18H16ClFN2O3. The summed E-state index contributed by atoms with van der Waals surface area (Å²) < 4.78 is 24.0. The molecule has 0 radical (unpaired) electrons. The average molecular weight is 363 g/mol. The van der Waals surface area contributed by atoms with E-state index in [2.05, 4.69) is 10.3 Å². The van der Waals surface area contributed by atoms with E-state index in [9.17, 15) is 9.18 Å². The average Bonchev–Trinajstić information content (AvgIpc) is 2.91. The standard InChI is InChI=1S/C18H16ClFN2O3/c1-9-17(11-6-10(20)4-5-13(11)21-9)18(23)22-14-8-15(24-2)12(19)7-16(14)25-3/h4-8,21H,1-3H3,(H,22,23). The zero-order valence-corrected chi connectivity index (χ0v) is 14.6. The van der Waals surface area contributed by atoms with E-state index >= 15 is 0 Å². The smallest absolute Gasteiger partial charge is 0.258 e. The summed E-state index contributed by atoms with van der Waals surface area (Å²) in [5, 5.41) is 3.65. The van der Waals surface area contributed by atoms with Crippen molar-refractivity contribution in [1.82, 2.24) is 4.98 Å². The number of amides is 1. The normalized spacial score (nSPS) is 10.8. The first-order valence-electron chi connectivity index (χ1n) is 7.45. The first-order chi connectivity index (χ1) is 11.9. The number of carbonyl (C=O) groups is 1. The number of carbonyl (C=O) groups excluding carboxylic acids is 1. The number of hydrogen-bond acceptors (Lipinski definition) is 3. The van der Waals surface area contributed by atoms with Crippen molar-refractivity contribution in [2.75, 3.05) is 19.5 Å². The molecular weight excluding hydrogens is 347 g/mol. The number of aromatic nitrogens is 1. The first kappa shape index (κ1) is 17.1. The molecule has 0 spiro atoms. The van der Waals surface area contributed by atoms with Crippen LogP contribution < -0.4 is 14.8 Å². The Labute approximate surface area is 148 Å². The van der Waals surface area contributed by atoms with Crippen molar-refractivity contribution in [2.45, 2.75) is 6.92 Å². The van der Waals surface area contributed by atoms with Gasteiger partial charge in [0.15, 0.2) is 0 Å². The molecule has 2 aromatic carbocycles. The third kappa shape index (κ3) is 3.13. The molecule has 5 nitrogen and oxygen atoms in total. The molecule has 0 unspecified atom stereocenters. The van der Waals surface area contributed by atoms with Crippen LogP contribution in [0.4, 0.5) is 10.1 Å². The minimum absolute atomic E-state index is 0.364. The van der Waals surface area contributed by atoms with E-state index in [4.69, 9.17) is 21.1 Å². The van der Waals surface area contributed by atoms with E-state index in [0.29, 0.717) is 44.4 Å². The highest BCUT2D eigenvalue weighted by molar-refractivity contribution is 6.32. The van der Waals surface area contributed by atoms with Crippen molar-refractivity contribution < 1.29 is 18.7 Å². The second-order valence-electron chi connectivity index (χ2n) is 5.46. The fraction of sp³-hybridized carbons (Fsp3) is 0.167. The van der Waals surface area contributed by atoms with Crippen LogP contribution in [0.1, 0.15) is 16.1 Å². The van der Waals surface area contributed by atoms with Crippen LogP contribution in [0.3, 0.4) is 0 Å². The summed E-state index contributed by atoms with van der Waals surface area (Å²) >= 11 is 6.07. The van der Waals surface area contributed by atoms with Crippen LogP contribution in [0.25, 0.3) is 10.9 Å². The van der Waals surface area contributed by atoms with Crippen LogP contribution in [-0.4, -0.2) is 25.1 Å². The molecule has 0 atom stereocenters. The lowest BCUT2D eigenvalue weighted by Crippen LogP contribution is -2.13. The second kappa shape index (κ2) is 6.64. The molecule has 0 saturated carbocycles. The zero-order chi connectivity index (χ0) is 18.1. The van der Waals surface area contributed by atoms with Crippen LogP contribution in [0.15, 0.2) is 30.3 Å². The Morgan fingerprint density at radius 2 is 1.88 bits per heavy atom. The van der Waals surface area contributed by atoms with Gasteiger partial charge in [-0.1, -0.05) is 11.6 Å². The van der Waals surface area contributed by atoms with Crippen molar-refractivity contribution in [1.29, 1.82) is 0 Å². The fourth-order valence-electron chi connectivity index (χ4n) is 2.73. The molecule has 130 valence electrons. The number of rotatable bonds is 4. The van der Waals surface area contributed by atoms with Crippen LogP contribution in [0.5, 0.6) is 11.5 Å². The van der Waals surface area contributed by atoms with Crippen molar-refractivity contribution in [3.05, 3.63) is 52.4 Å². The lowest BCUT2D eigenvalue weighted by Gasteiger charge is -2.13. The van der Waals surface area contributed by atoms with Gasteiger partial charge < -0.3 is 19.8 Å². The van der Waals surface area contributed by atoms with Gasteiger partial charge in [0.05, 0.1) is 30.5 Å². The molecule has 25 heavy (non-hydrogen) atoms. The number of halogens is 2. The number of aromatic amines is 1. The van der Waals surface area contributed by atoms with Gasteiger partial charge in [-0.15, -0.1) is 0 Å². The maximum atomic E-state index is 13.6. The maximum absolute atomic E-state index is 13.6. The van der Waals surface area contributed by atoms with E-state index < -0.39 is 11.7 Å². The zero-order valence-electron chi connectivity index (χ0n) is 13.9. The highest BCUT2D eigenvalue weighted by Crippen LogP contribution is 2.36. The third-order valence-electron chi connectivity index (χ3n) is 3.90. The number of methoxy groups -OCH3 is 2. The number of H-pyrrole nitrogens is 1. The Morgan fingerprint density at radius 3 is 2.56 bits per heavy atom. The van der Waals surface area contributed by atoms with E-state index in [1.54, 1.807) is 25.1 Å². The van der Waals surface area contributed by atoms with Crippen LogP contribution in [0, 0.1) is 12.7 Å². The second-order valence-corrected chi connectivity index (χ2v) is 5.86. The third-order valence-corrected chi connectivity index (χ3v) is 4.19. The number of anilines is 1. The Balaban J connectivity index is 2.04. The Kier molecular flexibility index (Phi) is 4.55. The predicted octanol–water partition coefficient (Wildman–Crippen LogP) is 4.54. The predicted molar refractivity (Wildman–Crippen MR) is 95.5 cm³/mol. The number of nitrogens with one attached hydrogen (secondary N) is 2. The molecule has 3 aromatic rings. The Hall–Kier alpha value is -2.73. The molecule has 1 heterocycles. The van der Waals surface area contributed by atoms with E-state index in [1.807, 2.05) is 0 Å². The van der Waals surface area contributed by atoms with Gasteiger partial charge in [-0.3, -0.25) is 4.79 Å². The van der Waals surface area contributed by atoms with Crippen LogP contribution in [0.2, 0.25) is 5.02 Å². The van der Waals surface area contributed by atoms with Gasteiger partial charge in [-0.2, -0.15) is 0 Å². The first-order valence-corrected chi connectivity index (χ1v) is 7.83. The molecule has 1 aromatic heterocycles. The summed E-state index contributed by atoms with van der Waals surface area (Å²) in [6.45, 7) is 1.76. The van der Waals surface area contributed by atoms with Gasteiger partial charge in [0.2, 0.25) is 0 Å². The molecule has 0 aliphatic heterocycles. The van der Waals surface area contributed by atoms with Gasteiger partial charge >= 0.3 is 0 Å². The van der Waals surface area contributed by atoms with Crippen LogP contribution >= 0.6 is 11.6 Å². The van der Waals surface area contributed by atoms with Gasteiger partial charge in [0, 0.05) is 28.7 Å². The SMILES string of the molecule is COc1cc(NC(=O)c2c(C)[nH]c3ccc(F)cc23)c(OC)cc1Cl. The lowest BCUT2D eigenvalue weighted by molar-refractivity contribution is 0.102. The van der Waals surface area contributed by atoms with Crippen LogP contribution in [-0.2, 0) is 0 Å². The maximum Gasteiger partial charge on any atom is 0.258 e. The summed E-state index contributed by atoms with van der Waals surface area (Å²) in [5.41, 5.74) is 2.09. The quantitative estimate of drug-likeness (QED) is 0.716. The Morgan fingerprint density at radius 1 is 1.16 bits per heavy atom.